The summed E-state index contributed by atoms with van der Waals surface area (Å²) in [4.78, 5) is 26.0. The number of halogens is 2. The molecular weight excluding hydrogens is 483 g/mol. The molecule has 9 heteroatoms. The van der Waals surface area contributed by atoms with Gasteiger partial charge in [0.05, 0.1) is 30.1 Å². The van der Waals surface area contributed by atoms with E-state index >= 15 is 0 Å². The Bertz CT molecular complexity index is 1130. The van der Waals surface area contributed by atoms with Crippen molar-refractivity contribution in [3.63, 3.8) is 0 Å². The molecule has 1 atom stereocenters. The normalized spacial score (nSPS) is 11.4. The maximum absolute atomic E-state index is 12.6. The Kier molecular flexibility index (Phi) is 8.49. The van der Waals surface area contributed by atoms with E-state index < -0.39 is 0 Å². The Labute approximate surface area is 206 Å². The fourth-order valence-corrected chi connectivity index (χ4v) is 4.23. The number of nitrogens with one attached hydrogen (secondary N) is 2. The number of carbonyl (C=O) groups excluding carboxylic acids is 2. The topological polar surface area (TPSA) is 76.7 Å². The van der Waals surface area contributed by atoms with Crippen molar-refractivity contribution in [1.82, 2.24) is 0 Å². The second-order valence-electron chi connectivity index (χ2n) is 6.95. The highest BCUT2D eigenvalue weighted by atomic mass is 35.5. The fraction of sp³-hybridized carbons (Fsp3) is 0.167. The van der Waals surface area contributed by atoms with Gasteiger partial charge in [-0.2, -0.15) is 0 Å². The molecule has 0 aliphatic heterocycles. The van der Waals surface area contributed by atoms with Crippen LogP contribution in [0.3, 0.4) is 0 Å². The van der Waals surface area contributed by atoms with Crippen molar-refractivity contribution in [2.75, 3.05) is 24.9 Å². The number of hydrogen-bond acceptors (Lipinski definition) is 5. The number of rotatable bonds is 8. The highest BCUT2D eigenvalue weighted by Gasteiger charge is 2.16. The zero-order valence-corrected chi connectivity index (χ0v) is 20.5. The van der Waals surface area contributed by atoms with E-state index in [2.05, 4.69) is 10.6 Å². The zero-order chi connectivity index (χ0) is 24.0. The van der Waals surface area contributed by atoms with Gasteiger partial charge in [-0.25, -0.2) is 0 Å². The molecule has 0 spiro atoms. The van der Waals surface area contributed by atoms with Gasteiger partial charge in [0.1, 0.15) is 11.5 Å². The summed E-state index contributed by atoms with van der Waals surface area (Å²) in [6.45, 7) is 1.82. The molecule has 2 amide bonds. The molecule has 0 aliphatic rings. The van der Waals surface area contributed by atoms with Crippen LogP contribution >= 0.6 is 35.0 Å². The van der Waals surface area contributed by atoms with Crippen LogP contribution in [0.1, 0.15) is 17.3 Å². The number of carbonyl (C=O) groups is 2. The monoisotopic (exact) mass is 504 g/mol. The molecule has 0 aliphatic carbocycles. The molecular formula is C24H22Cl2N2O4S. The molecule has 0 fully saturated rings. The molecule has 0 saturated carbocycles. The smallest absolute Gasteiger partial charge is 0.257 e. The van der Waals surface area contributed by atoms with E-state index in [-0.39, 0.29) is 22.1 Å². The number of methoxy groups -OCH3 is 2. The van der Waals surface area contributed by atoms with E-state index in [1.165, 1.54) is 17.8 Å². The summed E-state index contributed by atoms with van der Waals surface area (Å²) in [6, 6.07) is 17.1. The average molecular weight is 505 g/mol. The summed E-state index contributed by atoms with van der Waals surface area (Å²) in [5, 5.41) is 6.05. The SMILES string of the molecule is COc1cc(NC(=O)C(C)Sc2ccc(NC(=O)c3ccc(Cl)cc3Cl)cc2)cc(OC)c1. The van der Waals surface area contributed by atoms with Gasteiger partial charge in [0.2, 0.25) is 5.91 Å². The predicted molar refractivity (Wildman–Crippen MR) is 134 cm³/mol. The highest BCUT2D eigenvalue weighted by molar-refractivity contribution is 8.00. The van der Waals surface area contributed by atoms with Crippen molar-refractivity contribution >= 4 is 58.2 Å². The first-order chi connectivity index (χ1) is 15.8. The van der Waals surface area contributed by atoms with Gasteiger partial charge in [-0.1, -0.05) is 23.2 Å². The molecule has 6 nitrogen and oxygen atoms in total. The van der Waals surface area contributed by atoms with E-state index in [4.69, 9.17) is 32.7 Å². The molecule has 3 aromatic carbocycles. The lowest BCUT2D eigenvalue weighted by atomic mass is 10.2. The summed E-state index contributed by atoms with van der Waals surface area (Å²) < 4.78 is 10.5. The minimum absolute atomic E-state index is 0.162. The molecule has 0 saturated heterocycles. The Hall–Kier alpha value is -2.87. The van der Waals surface area contributed by atoms with Gasteiger partial charge in [0, 0.05) is 39.5 Å². The Balaban J connectivity index is 1.60. The lowest BCUT2D eigenvalue weighted by molar-refractivity contribution is -0.115. The van der Waals surface area contributed by atoms with Gasteiger partial charge >= 0.3 is 0 Å². The predicted octanol–water partition coefficient (Wildman–Crippen LogP) is 6.38. The molecule has 1 unspecified atom stereocenters. The molecule has 0 bridgehead atoms. The first-order valence-corrected chi connectivity index (χ1v) is 11.5. The standard InChI is InChI=1S/C24H22Cl2N2O4S/c1-14(23(29)28-17-11-18(31-2)13-19(12-17)32-3)33-20-7-5-16(6-8-20)27-24(30)21-9-4-15(25)10-22(21)26/h4-14H,1-3H3,(H,27,30)(H,28,29). The zero-order valence-electron chi connectivity index (χ0n) is 18.1. The van der Waals surface area contributed by atoms with E-state index in [1.807, 2.05) is 19.1 Å². The Morgan fingerprint density at radius 2 is 1.48 bits per heavy atom. The van der Waals surface area contributed by atoms with Crippen LogP contribution in [0.5, 0.6) is 11.5 Å². The number of ether oxygens (including phenoxy) is 2. The van der Waals surface area contributed by atoms with E-state index in [9.17, 15) is 9.59 Å². The molecule has 0 heterocycles. The van der Waals surface area contributed by atoms with E-state index in [1.54, 1.807) is 56.7 Å². The average Bonchev–Trinajstić information content (AvgIpc) is 2.79. The van der Waals surface area contributed by atoms with Crippen LogP contribution in [-0.4, -0.2) is 31.3 Å². The third-order valence-corrected chi connectivity index (χ3v) is 6.25. The van der Waals surface area contributed by atoms with Gasteiger partial charge in [0.15, 0.2) is 0 Å². The minimum atomic E-state index is -0.365. The number of benzene rings is 3. The summed E-state index contributed by atoms with van der Waals surface area (Å²) >= 11 is 13.4. The van der Waals surface area contributed by atoms with Crippen LogP contribution < -0.4 is 20.1 Å². The Morgan fingerprint density at radius 1 is 0.848 bits per heavy atom. The third-order valence-electron chi connectivity index (χ3n) is 4.59. The number of thioether (sulfide) groups is 1. The van der Waals surface area contributed by atoms with Crippen molar-refractivity contribution in [2.24, 2.45) is 0 Å². The molecule has 33 heavy (non-hydrogen) atoms. The minimum Gasteiger partial charge on any atom is -0.497 e. The Morgan fingerprint density at radius 3 is 2.06 bits per heavy atom. The third kappa shape index (κ3) is 6.81. The highest BCUT2D eigenvalue weighted by Crippen LogP contribution is 2.29. The van der Waals surface area contributed by atoms with Gasteiger partial charge in [-0.3, -0.25) is 9.59 Å². The maximum Gasteiger partial charge on any atom is 0.257 e. The molecule has 0 radical (unpaired) electrons. The number of amides is 2. The van der Waals surface area contributed by atoms with Crippen molar-refractivity contribution in [1.29, 1.82) is 0 Å². The summed E-state index contributed by atoms with van der Waals surface area (Å²) in [7, 11) is 3.10. The first-order valence-electron chi connectivity index (χ1n) is 9.86. The van der Waals surface area contributed by atoms with Crippen LogP contribution in [0.2, 0.25) is 10.0 Å². The number of anilines is 2. The van der Waals surface area contributed by atoms with Gasteiger partial charge in [0.25, 0.3) is 5.91 Å². The fourth-order valence-electron chi connectivity index (χ4n) is 2.87. The largest absolute Gasteiger partial charge is 0.497 e. The van der Waals surface area contributed by atoms with Crippen molar-refractivity contribution in [3.8, 4) is 11.5 Å². The molecule has 3 aromatic rings. The van der Waals surface area contributed by atoms with Gasteiger partial charge in [-0.15, -0.1) is 11.8 Å². The second-order valence-corrected chi connectivity index (χ2v) is 9.21. The van der Waals surface area contributed by atoms with Gasteiger partial charge in [-0.05, 0) is 49.4 Å². The summed E-state index contributed by atoms with van der Waals surface area (Å²) in [6.07, 6.45) is 0. The van der Waals surface area contributed by atoms with Crippen LogP contribution in [0.15, 0.2) is 65.6 Å². The van der Waals surface area contributed by atoms with Crippen LogP contribution in [-0.2, 0) is 4.79 Å². The quantitative estimate of drug-likeness (QED) is 0.348. The number of hydrogen-bond donors (Lipinski definition) is 2. The summed E-state index contributed by atoms with van der Waals surface area (Å²) in [5.41, 5.74) is 1.53. The van der Waals surface area contributed by atoms with Crippen molar-refractivity contribution in [3.05, 3.63) is 76.3 Å². The van der Waals surface area contributed by atoms with Crippen molar-refractivity contribution in [2.45, 2.75) is 17.1 Å². The second kappa shape index (κ2) is 11.3. The lowest BCUT2D eigenvalue weighted by Crippen LogP contribution is -2.22. The summed E-state index contributed by atoms with van der Waals surface area (Å²) in [5.74, 6) is 0.675. The molecule has 0 aromatic heterocycles. The molecule has 2 N–H and O–H groups in total. The van der Waals surface area contributed by atoms with Gasteiger partial charge < -0.3 is 20.1 Å². The van der Waals surface area contributed by atoms with Crippen LogP contribution in [0, 0.1) is 0 Å². The first kappa shape index (κ1) is 24.8. The lowest BCUT2D eigenvalue weighted by Gasteiger charge is -2.14. The van der Waals surface area contributed by atoms with Crippen LogP contribution in [0.25, 0.3) is 0 Å². The molecule has 3 rings (SSSR count). The van der Waals surface area contributed by atoms with Crippen molar-refractivity contribution < 1.29 is 19.1 Å². The maximum atomic E-state index is 12.6. The van der Waals surface area contributed by atoms with Crippen LogP contribution in [0.4, 0.5) is 11.4 Å². The van der Waals surface area contributed by atoms with E-state index in [0.29, 0.717) is 33.5 Å². The molecule has 172 valence electrons. The van der Waals surface area contributed by atoms with E-state index in [0.717, 1.165) is 4.90 Å².